The van der Waals surface area contributed by atoms with Gasteiger partial charge >= 0.3 is 5.97 Å². The molecule has 102 valence electrons. The second-order valence-electron chi connectivity index (χ2n) is 4.84. The lowest BCUT2D eigenvalue weighted by atomic mass is 9.95. The first-order valence-electron chi connectivity index (χ1n) is 6.16. The van der Waals surface area contributed by atoms with Gasteiger partial charge in [0.25, 0.3) is 0 Å². The van der Waals surface area contributed by atoms with Crippen molar-refractivity contribution >= 4 is 17.8 Å². The van der Waals surface area contributed by atoms with Gasteiger partial charge in [0.2, 0.25) is 11.8 Å². The zero-order valence-corrected chi connectivity index (χ0v) is 10.7. The van der Waals surface area contributed by atoms with E-state index in [-0.39, 0.29) is 30.7 Å². The summed E-state index contributed by atoms with van der Waals surface area (Å²) in [6.45, 7) is 2.20. The number of hydrogen-bond donors (Lipinski definition) is 3. The second-order valence-corrected chi connectivity index (χ2v) is 4.84. The summed E-state index contributed by atoms with van der Waals surface area (Å²) < 4.78 is 0. The first-order valence-corrected chi connectivity index (χ1v) is 6.16. The summed E-state index contributed by atoms with van der Waals surface area (Å²) in [6.07, 6.45) is 1.36. The van der Waals surface area contributed by atoms with E-state index in [0.717, 1.165) is 0 Å². The molecule has 1 aliphatic rings. The average molecular weight is 256 g/mol. The molecular weight excluding hydrogens is 236 g/mol. The summed E-state index contributed by atoms with van der Waals surface area (Å²) in [7, 11) is 1.53. The normalized spacial score (nSPS) is 26.7. The van der Waals surface area contributed by atoms with Crippen molar-refractivity contribution < 1.29 is 19.5 Å². The summed E-state index contributed by atoms with van der Waals surface area (Å²) in [5.74, 6) is -2.13. The van der Waals surface area contributed by atoms with E-state index in [0.29, 0.717) is 12.8 Å². The summed E-state index contributed by atoms with van der Waals surface area (Å²) >= 11 is 0. The Kier molecular flexibility index (Phi) is 5.12. The Morgan fingerprint density at radius 3 is 2.39 bits per heavy atom. The van der Waals surface area contributed by atoms with Crippen molar-refractivity contribution in [1.82, 2.24) is 10.6 Å². The maximum Gasteiger partial charge on any atom is 0.307 e. The van der Waals surface area contributed by atoms with Crippen LogP contribution in [-0.4, -0.2) is 36.5 Å². The zero-order valence-electron chi connectivity index (χ0n) is 10.7. The highest BCUT2D eigenvalue weighted by Crippen LogP contribution is 2.36. The van der Waals surface area contributed by atoms with Gasteiger partial charge in [0.1, 0.15) is 0 Å². The number of hydrogen-bond acceptors (Lipinski definition) is 3. The van der Waals surface area contributed by atoms with Crippen LogP contribution in [0.4, 0.5) is 0 Å². The third-order valence-electron chi connectivity index (χ3n) is 3.38. The smallest absolute Gasteiger partial charge is 0.307 e. The van der Waals surface area contributed by atoms with Crippen molar-refractivity contribution in [3.63, 3.8) is 0 Å². The third-order valence-corrected chi connectivity index (χ3v) is 3.38. The summed E-state index contributed by atoms with van der Waals surface area (Å²) in [6, 6.07) is 0. The van der Waals surface area contributed by atoms with E-state index >= 15 is 0 Å². The van der Waals surface area contributed by atoms with Gasteiger partial charge in [-0.2, -0.15) is 0 Å². The van der Waals surface area contributed by atoms with Gasteiger partial charge in [-0.1, -0.05) is 6.92 Å². The van der Waals surface area contributed by atoms with Crippen molar-refractivity contribution in [3.05, 3.63) is 0 Å². The lowest BCUT2D eigenvalue weighted by Gasteiger charge is -2.15. The van der Waals surface area contributed by atoms with Crippen molar-refractivity contribution in [1.29, 1.82) is 0 Å². The first kappa shape index (κ1) is 14.5. The Labute approximate surface area is 106 Å². The SMILES string of the molecule is CNC(=O)CCNC(=O)[C@H]1CC(C)C[C@H]1C(=O)O. The molecule has 0 heterocycles. The van der Waals surface area contributed by atoms with Crippen molar-refractivity contribution in [2.75, 3.05) is 13.6 Å². The number of amides is 2. The standard InChI is InChI=1S/C12H20N2O4/c1-7-5-8(9(6-7)12(17)18)11(16)14-4-3-10(15)13-2/h7-9H,3-6H2,1-2H3,(H,13,15)(H,14,16)(H,17,18)/t7?,8-,9+/m0/s1. The summed E-state index contributed by atoms with van der Waals surface area (Å²) in [4.78, 5) is 33.9. The van der Waals surface area contributed by atoms with Gasteiger partial charge in [-0.3, -0.25) is 14.4 Å². The molecule has 0 aliphatic heterocycles. The minimum Gasteiger partial charge on any atom is -0.481 e. The molecule has 1 fully saturated rings. The number of carboxylic acids is 1. The first-order chi connectivity index (χ1) is 8.45. The third kappa shape index (κ3) is 3.72. The van der Waals surface area contributed by atoms with Crippen LogP contribution < -0.4 is 10.6 Å². The van der Waals surface area contributed by atoms with E-state index in [1.54, 1.807) is 0 Å². The Morgan fingerprint density at radius 2 is 1.83 bits per heavy atom. The Morgan fingerprint density at radius 1 is 1.22 bits per heavy atom. The summed E-state index contributed by atoms with van der Waals surface area (Å²) in [5, 5.41) is 14.1. The topological polar surface area (TPSA) is 95.5 Å². The molecule has 0 radical (unpaired) electrons. The Balaban J connectivity index is 2.45. The zero-order chi connectivity index (χ0) is 13.7. The fourth-order valence-electron chi connectivity index (χ4n) is 2.41. The average Bonchev–Trinajstić information content (AvgIpc) is 2.71. The Bertz CT molecular complexity index is 343. The highest BCUT2D eigenvalue weighted by molar-refractivity contribution is 5.85. The molecule has 0 saturated heterocycles. The molecule has 6 nitrogen and oxygen atoms in total. The number of carboxylic acid groups (broad SMARTS) is 1. The summed E-state index contributed by atoms with van der Waals surface area (Å²) in [5.41, 5.74) is 0. The van der Waals surface area contributed by atoms with Gasteiger partial charge < -0.3 is 15.7 Å². The van der Waals surface area contributed by atoms with Crippen LogP contribution in [0.5, 0.6) is 0 Å². The molecule has 0 aromatic rings. The molecule has 0 bridgehead atoms. The monoisotopic (exact) mass is 256 g/mol. The minimum absolute atomic E-state index is 0.148. The predicted octanol–water partition coefficient (Wildman–Crippen LogP) is -0.0144. The molecule has 1 unspecified atom stereocenters. The molecule has 0 spiro atoms. The van der Waals surface area contributed by atoms with Gasteiger partial charge in [0.15, 0.2) is 0 Å². The number of aliphatic carboxylic acids is 1. The van der Waals surface area contributed by atoms with Crippen molar-refractivity contribution in [3.8, 4) is 0 Å². The van der Waals surface area contributed by atoms with Crippen LogP contribution in [0.3, 0.4) is 0 Å². The van der Waals surface area contributed by atoms with Crippen molar-refractivity contribution in [2.24, 2.45) is 17.8 Å². The molecule has 0 aromatic carbocycles. The van der Waals surface area contributed by atoms with Crippen LogP contribution in [0.2, 0.25) is 0 Å². The van der Waals surface area contributed by atoms with Gasteiger partial charge in [-0.05, 0) is 18.8 Å². The highest BCUT2D eigenvalue weighted by atomic mass is 16.4. The molecule has 0 aromatic heterocycles. The van der Waals surface area contributed by atoms with Crippen molar-refractivity contribution in [2.45, 2.75) is 26.2 Å². The molecule has 1 aliphatic carbocycles. The van der Waals surface area contributed by atoms with E-state index in [2.05, 4.69) is 10.6 Å². The largest absolute Gasteiger partial charge is 0.481 e. The molecule has 3 atom stereocenters. The van der Waals surface area contributed by atoms with Crippen LogP contribution in [0, 0.1) is 17.8 Å². The highest BCUT2D eigenvalue weighted by Gasteiger charge is 2.40. The maximum absolute atomic E-state index is 11.9. The number of carbonyl (C=O) groups excluding carboxylic acids is 2. The molecular formula is C12H20N2O4. The van der Waals surface area contributed by atoms with Crippen LogP contribution in [0.25, 0.3) is 0 Å². The number of nitrogens with one attached hydrogen (secondary N) is 2. The van der Waals surface area contributed by atoms with Gasteiger partial charge in [-0.15, -0.1) is 0 Å². The van der Waals surface area contributed by atoms with E-state index in [4.69, 9.17) is 5.11 Å². The fourth-order valence-corrected chi connectivity index (χ4v) is 2.41. The van der Waals surface area contributed by atoms with E-state index in [9.17, 15) is 14.4 Å². The number of carbonyl (C=O) groups is 3. The lowest BCUT2D eigenvalue weighted by Crippen LogP contribution is -2.37. The predicted molar refractivity (Wildman–Crippen MR) is 64.7 cm³/mol. The van der Waals surface area contributed by atoms with Gasteiger partial charge in [0.05, 0.1) is 11.8 Å². The van der Waals surface area contributed by atoms with Crippen LogP contribution in [-0.2, 0) is 14.4 Å². The van der Waals surface area contributed by atoms with E-state index in [1.165, 1.54) is 7.05 Å². The minimum atomic E-state index is -0.911. The van der Waals surface area contributed by atoms with Crippen LogP contribution in [0.15, 0.2) is 0 Å². The van der Waals surface area contributed by atoms with E-state index < -0.39 is 17.8 Å². The molecule has 2 amide bonds. The Hall–Kier alpha value is -1.59. The van der Waals surface area contributed by atoms with Gasteiger partial charge in [0, 0.05) is 20.0 Å². The molecule has 1 rings (SSSR count). The number of rotatable bonds is 5. The maximum atomic E-state index is 11.9. The van der Waals surface area contributed by atoms with Crippen LogP contribution >= 0.6 is 0 Å². The second kappa shape index (κ2) is 6.37. The molecule has 6 heteroatoms. The molecule has 18 heavy (non-hydrogen) atoms. The fraction of sp³-hybridized carbons (Fsp3) is 0.750. The quantitative estimate of drug-likeness (QED) is 0.644. The van der Waals surface area contributed by atoms with Crippen LogP contribution in [0.1, 0.15) is 26.2 Å². The van der Waals surface area contributed by atoms with Gasteiger partial charge in [-0.25, -0.2) is 0 Å². The lowest BCUT2D eigenvalue weighted by molar-refractivity contribution is -0.146. The molecule has 1 saturated carbocycles. The van der Waals surface area contributed by atoms with E-state index in [1.807, 2.05) is 6.92 Å². The molecule has 3 N–H and O–H groups in total.